The summed E-state index contributed by atoms with van der Waals surface area (Å²) < 4.78 is 18.4. The number of nitrogens with zero attached hydrogens (tertiary/aromatic N) is 3. The summed E-state index contributed by atoms with van der Waals surface area (Å²) in [5, 5.41) is 10.7. The normalized spacial score (nSPS) is 10.3. The van der Waals surface area contributed by atoms with Crippen LogP contribution in [0.15, 0.2) is 24.4 Å². The molecule has 0 N–H and O–H groups in total. The molecular formula is C11H7ClFN3O3. The monoisotopic (exact) mass is 283 g/mol. The lowest BCUT2D eigenvalue weighted by atomic mass is 10.1. The van der Waals surface area contributed by atoms with E-state index in [1.807, 2.05) is 0 Å². The Kier molecular flexibility index (Phi) is 3.57. The van der Waals surface area contributed by atoms with Crippen LogP contribution in [-0.4, -0.2) is 22.0 Å². The van der Waals surface area contributed by atoms with E-state index in [9.17, 15) is 14.5 Å². The van der Waals surface area contributed by atoms with Crippen LogP contribution in [0.3, 0.4) is 0 Å². The molecule has 0 fully saturated rings. The van der Waals surface area contributed by atoms with E-state index in [1.54, 1.807) is 0 Å². The van der Waals surface area contributed by atoms with Crippen LogP contribution in [0.4, 0.5) is 10.1 Å². The number of aromatic nitrogens is 2. The van der Waals surface area contributed by atoms with Crippen LogP contribution in [0.5, 0.6) is 5.75 Å². The molecule has 0 spiro atoms. The molecule has 0 aliphatic heterocycles. The first-order chi connectivity index (χ1) is 9.02. The minimum absolute atomic E-state index is 0.0338. The van der Waals surface area contributed by atoms with Crippen molar-refractivity contribution in [2.24, 2.45) is 0 Å². The highest BCUT2D eigenvalue weighted by molar-refractivity contribution is 6.28. The van der Waals surface area contributed by atoms with Crippen molar-refractivity contribution in [3.63, 3.8) is 0 Å². The number of rotatable bonds is 3. The molecule has 0 unspecified atom stereocenters. The Bertz CT molecular complexity index is 651. The molecule has 6 nitrogen and oxygen atoms in total. The van der Waals surface area contributed by atoms with E-state index in [-0.39, 0.29) is 28.0 Å². The lowest BCUT2D eigenvalue weighted by molar-refractivity contribution is -0.384. The van der Waals surface area contributed by atoms with Crippen LogP contribution >= 0.6 is 11.6 Å². The van der Waals surface area contributed by atoms with Gasteiger partial charge >= 0.3 is 5.69 Å². The van der Waals surface area contributed by atoms with Gasteiger partial charge in [-0.15, -0.1) is 0 Å². The number of halogens is 2. The number of hydrogen-bond acceptors (Lipinski definition) is 5. The standard InChI is InChI=1S/C11H7ClFN3O3/c1-19-9-3-2-6(4-7(9)13)10-8(16(17)18)5-14-11(12)15-10/h2-5H,1H3. The molecule has 0 aliphatic rings. The summed E-state index contributed by atoms with van der Waals surface area (Å²) in [4.78, 5) is 17.5. The van der Waals surface area contributed by atoms with Gasteiger partial charge in [0.15, 0.2) is 17.3 Å². The Morgan fingerprint density at radius 3 is 2.79 bits per heavy atom. The van der Waals surface area contributed by atoms with E-state index in [4.69, 9.17) is 16.3 Å². The van der Waals surface area contributed by atoms with E-state index in [1.165, 1.54) is 19.2 Å². The average Bonchev–Trinajstić information content (AvgIpc) is 2.38. The summed E-state index contributed by atoms with van der Waals surface area (Å²) in [6.45, 7) is 0. The van der Waals surface area contributed by atoms with Crippen molar-refractivity contribution >= 4 is 17.3 Å². The fourth-order valence-corrected chi connectivity index (χ4v) is 1.65. The number of benzene rings is 1. The summed E-state index contributed by atoms with van der Waals surface area (Å²) in [6, 6.07) is 3.89. The van der Waals surface area contributed by atoms with Gasteiger partial charge in [0.1, 0.15) is 6.20 Å². The molecule has 0 saturated carbocycles. The Morgan fingerprint density at radius 2 is 2.21 bits per heavy atom. The quantitative estimate of drug-likeness (QED) is 0.492. The SMILES string of the molecule is COc1ccc(-c2nc(Cl)ncc2[N+](=O)[O-])cc1F. The second-order valence-corrected chi connectivity index (χ2v) is 3.82. The van der Waals surface area contributed by atoms with Gasteiger partial charge in [0.2, 0.25) is 5.28 Å². The summed E-state index contributed by atoms with van der Waals surface area (Å²) in [6.07, 6.45) is 0.979. The van der Waals surface area contributed by atoms with Gasteiger partial charge < -0.3 is 4.74 Å². The molecule has 0 amide bonds. The van der Waals surface area contributed by atoms with E-state index in [0.717, 1.165) is 12.3 Å². The molecule has 0 atom stereocenters. The summed E-state index contributed by atoms with van der Waals surface area (Å²) in [7, 11) is 1.32. The number of methoxy groups -OCH3 is 1. The van der Waals surface area contributed by atoms with Gasteiger partial charge in [0, 0.05) is 5.56 Å². The number of ether oxygens (including phenoxy) is 1. The van der Waals surface area contributed by atoms with E-state index in [2.05, 4.69) is 9.97 Å². The highest BCUT2D eigenvalue weighted by Crippen LogP contribution is 2.30. The highest BCUT2D eigenvalue weighted by Gasteiger charge is 2.19. The van der Waals surface area contributed by atoms with E-state index >= 15 is 0 Å². The van der Waals surface area contributed by atoms with Crippen molar-refractivity contribution in [3.8, 4) is 17.0 Å². The third-order valence-corrected chi connectivity index (χ3v) is 2.54. The zero-order valence-corrected chi connectivity index (χ0v) is 10.4. The lowest BCUT2D eigenvalue weighted by Gasteiger charge is -2.05. The second kappa shape index (κ2) is 5.15. The minimum atomic E-state index is -0.659. The van der Waals surface area contributed by atoms with Gasteiger partial charge in [-0.1, -0.05) is 0 Å². The van der Waals surface area contributed by atoms with E-state index < -0.39 is 10.7 Å². The van der Waals surface area contributed by atoms with Crippen molar-refractivity contribution in [3.05, 3.63) is 45.6 Å². The molecule has 98 valence electrons. The second-order valence-electron chi connectivity index (χ2n) is 3.48. The Hall–Kier alpha value is -2.28. The lowest BCUT2D eigenvalue weighted by Crippen LogP contribution is -1.98. The van der Waals surface area contributed by atoms with Crippen LogP contribution in [0.2, 0.25) is 5.28 Å². The first-order valence-electron chi connectivity index (χ1n) is 5.03. The molecule has 2 aromatic rings. The predicted octanol–water partition coefficient (Wildman–Crippen LogP) is 2.85. The van der Waals surface area contributed by atoms with Crippen molar-refractivity contribution in [1.29, 1.82) is 0 Å². The molecule has 2 rings (SSSR count). The summed E-state index contributed by atoms with van der Waals surface area (Å²) in [5.41, 5.74) is -0.185. The van der Waals surface area contributed by atoms with Crippen LogP contribution in [0.25, 0.3) is 11.3 Å². The molecule has 0 radical (unpaired) electrons. The van der Waals surface area contributed by atoms with Crippen LogP contribution in [-0.2, 0) is 0 Å². The molecule has 1 heterocycles. The molecule has 8 heteroatoms. The van der Waals surface area contributed by atoms with Gasteiger partial charge in [-0.05, 0) is 29.8 Å². The van der Waals surface area contributed by atoms with Crippen molar-refractivity contribution in [1.82, 2.24) is 9.97 Å². The van der Waals surface area contributed by atoms with Crippen molar-refractivity contribution in [2.45, 2.75) is 0 Å². The number of hydrogen-bond donors (Lipinski definition) is 0. The smallest absolute Gasteiger partial charge is 0.313 e. The molecule has 1 aromatic carbocycles. The first-order valence-corrected chi connectivity index (χ1v) is 5.41. The molecule has 0 bridgehead atoms. The largest absolute Gasteiger partial charge is 0.494 e. The van der Waals surface area contributed by atoms with Crippen LogP contribution in [0, 0.1) is 15.9 Å². The topological polar surface area (TPSA) is 78.2 Å². The fraction of sp³-hybridized carbons (Fsp3) is 0.0909. The highest BCUT2D eigenvalue weighted by atomic mass is 35.5. The van der Waals surface area contributed by atoms with E-state index in [0.29, 0.717) is 0 Å². The molecule has 0 aliphatic carbocycles. The zero-order valence-electron chi connectivity index (χ0n) is 9.63. The summed E-state index contributed by atoms with van der Waals surface area (Å²) >= 11 is 5.61. The third kappa shape index (κ3) is 2.60. The fourth-order valence-electron chi connectivity index (χ4n) is 1.51. The van der Waals surface area contributed by atoms with Crippen LogP contribution < -0.4 is 4.74 Å². The van der Waals surface area contributed by atoms with Gasteiger partial charge in [-0.3, -0.25) is 10.1 Å². The van der Waals surface area contributed by atoms with Crippen molar-refractivity contribution in [2.75, 3.05) is 7.11 Å². The molecular weight excluding hydrogens is 277 g/mol. The van der Waals surface area contributed by atoms with Crippen LogP contribution in [0.1, 0.15) is 0 Å². The summed E-state index contributed by atoms with van der Waals surface area (Å²) in [5.74, 6) is -0.615. The molecule has 19 heavy (non-hydrogen) atoms. The molecule has 0 saturated heterocycles. The first kappa shape index (κ1) is 13.2. The van der Waals surface area contributed by atoms with Crippen molar-refractivity contribution < 1.29 is 14.1 Å². The zero-order chi connectivity index (χ0) is 14.0. The van der Waals surface area contributed by atoms with Gasteiger partial charge in [0.25, 0.3) is 0 Å². The third-order valence-electron chi connectivity index (χ3n) is 2.36. The van der Waals surface area contributed by atoms with Gasteiger partial charge in [-0.2, -0.15) is 0 Å². The van der Waals surface area contributed by atoms with Gasteiger partial charge in [0.05, 0.1) is 12.0 Å². The molecule has 1 aromatic heterocycles. The Labute approximate surface area is 112 Å². The predicted molar refractivity (Wildman–Crippen MR) is 65.6 cm³/mol. The number of nitro groups is 1. The minimum Gasteiger partial charge on any atom is -0.494 e. The average molecular weight is 284 g/mol. The Balaban J connectivity index is 2.61. The maximum atomic E-state index is 13.6. The maximum Gasteiger partial charge on any atom is 0.313 e. The maximum absolute atomic E-state index is 13.6. The van der Waals surface area contributed by atoms with Gasteiger partial charge in [-0.25, -0.2) is 14.4 Å². The Morgan fingerprint density at radius 1 is 1.47 bits per heavy atom.